The molecule has 0 unspecified atom stereocenters. The Bertz CT molecular complexity index is 448. The van der Waals surface area contributed by atoms with Gasteiger partial charge in [-0.1, -0.05) is 0 Å². The monoisotopic (exact) mass is 221 g/mol. The molecule has 0 amide bonds. The van der Waals surface area contributed by atoms with Crippen molar-refractivity contribution in [1.29, 1.82) is 0 Å². The first kappa shape index (κ1) is 10.9. The number of aliphatic hydroxyl groups excluding tert-OH is 1. The van der Waals surface area contributed by atoms with Crippen molar-refractivity contribution >= 4 is 0 Å². The molecule has 86 valence electrons. The Hall–Kier alpha value is -1.59. The number of hydrogen-bond donors (Lipinski definition) is 2. The smallest absolute Gasteiger partial charge is 0.129 e. The first-order chi connectivity index (χ1) is 7.78. The van der Waals surface area contributed by atoms with Crippen LogP contribution in [0.5, 0.6) is 0 Å². The Labute approximate surface area is 93.7 Å². The minimum Gasteiger partial charge on any atom is -0.462 e. The van der Waals surface area contributed by atoms with Gasteiger partial charge in [-0.2, -0.15) is 5.10 Å². The number of aryl methyl sites for hydroxylation is 1. The van der Waals surface area contributed by atoms with E-state index in [9.17, 15) is 0 Å². The van der Waals surface area contributed by atoms with Crippen LogP contribution < -0.4 is 5.32 Å². The molecule has 0 aliphatic heterocycles. The predicted octanol–water partition coefficient (Wildman–Crippen LogP) is 0.795. The molecule has 0 atom stereocenters. The third-order valence-corrected chi connectivity index (χ3v) is 2.25. The van der Waals surface area contributed by atoms with Crippen LogP contribution in [0.4, 0.5) is 0 Å². The highest BCUT2D eigenvalue weighted by Crippen LogP contribution is 2.07. The predicted molar refractivity (Wildman–Crippen MR) is 58.4 cm³/mol. The molecular weight excluding hydrogens is 206 g/mol. The molecule has 0 aromatic carbocycles. The molecule has 0 saturated heterocycles. The van der Waals surface area contributed by atoms with Gasteiger partial charge in [0.25, 0.3) is 0 Å². The molecule has 0 fully saturated rings. The molecule has 5 nitrogen and oxygen atoms in total. The second-order valence-electron chi connectivity index (χ2n) is 3.61. The van der Waals surface area contributed by atoms with E-state index in [1.165, 1.54) is 0 Å². The SMILES string of the molecule is Cn1ccc(CNCc2ccc(CO)o2)n1. The number of rotatable bonds is 5. The number of nitrogens with zero attached hydrogens (tertiary/aromatic N) is 2. The van der Waals surface area contributed by atoms with Crippen LogP contribution in [0.2, 0.25) is 0 Å². The van der Waals surface area contributed by atoms with E-state index in [-0.39, 0.29) is 6.61 Å². The molecule has 2 aromatic rings. The highest BCUT2D eigenvalue weighted by atomic mass is 16.4. The fraction of sp³-hybridized carbons (Fsp3) is 0.364. The lowest BCUT2D eigenvalue weighted by molar-refractivity contribution is 0.242. The van der Waals surface area contributed by atoms with E-state index in [0.717, 1.165) is 11.5 Å². The number of aliphatic hydroxyl groups is 1. The van der Waals surface area contributed by atoms with Crippen molar-refractivity contribution in [1.82, 2.24) is 15.1 Å². The van der Waals surface area contributed by atoms with Crippen LogP contribution in [0.3, 0.4) is 0 Å². The molecular formula is C11H15N3O2. The molecule has 0 bridgehead atoms. The summed E-state index contributed by atoms with van der Waals surface area (Å²) in [6.45, 7) is 1.28. The molecule has 2 aromatic heterocycles. The Morgan fingerprint density at radius 3 is 2.75 bits per heavy atom. The maximum absolute atomic E-state index is 8.83. The normalized spacial score (nSPS) is 10.9. The fourth-order valence-electron chi connectivity index (χ4n) is 1.47. The topological polar surface area (TPSA) is 63.2 Å². The van der Waals surface area contributed by atoms with Crippen molar-refractivity contribution in [3.05, 3.63) is 41.6 Å². The minimum atomic E-state index is -0.0553. The van der Waals surface area contributed by atoms with Crippen molar-refractivity contribution in [2.75, 3.05) is 0 Å². The molecule has 2 rings (SSSR count). The van der Waals surface area contributed by atoms with Gasteiger partial charge in [-0.25, -0.2) is 0 Å². The first-order valence-corrected chi connectivity index (χ1v) is 5.15. The number of furan rings is 1. The third-order valence-electron chi connectivity index (χ3n) is 2.25. The van der Waals surface area contributed by atoms with Crippen LogP contribution in [-0.4, -0.2) is 14.9 Å². The van der Waals surface area contributed by atoms with Crippen molar-refractivity contribution in [3.63, 3.8) is 0 Å². The average molecular weight is 221 g/mol. The van der Waals surface area contributed by atoms with E-state index in [1.807, 2.05) is 25.4 Å². The largest absolute Gasteiger partial charge is 0.462 e. The Balaban J connectivity index is 1.79. The van der Waals surface area contributed by atoms with Crippen LogP contribution >= 0.6 is 0 Å². The minimum absolute atomic E-state index is 0.0553. The van der Waals surface area contributed by atoms with Gasteiger partial charge in [0, 0.05) is 19.8 Å². The summed E-state index contributed by atoms with van der Waals surface area (Å²) in [6.07, 6.45) is 1.91. The van der Waals surface area contributed by atoms with Gasteiger partial charge < -0.3 is 14.8 Å². The molecule has 0 radical (unpaired) electrons. The van der Waals surface area contributed by atoms with Crippen molar-refractivity contribution in [2.45, 2.75) is 19.7 Å². The van der Waals surface area contributed by atoms with Gasteiger partial charge in [-0.05, 0) is 18.2 Å². The van der Waals surface area contributed by atoms with Gasteiger partial charge >= 0.3 is 0 Å². The molecule has 0 aliphatic carbocycles. The summed E-state index contributed by atoms with van der Waals surface area (Å²) in [4.78, 5) is 0. The highest BCUT2D eigenvalue weighted by Gasteiger charge is 2.01. The molecule has 2 N–H and O–H groups in total. The second kappa shape index (κ2) is 4.96. The summed E-state index contributed by atoms with van der Waals surface area (Å²) in [5.41, 5.74) is 0.997. The Morgan fingerprint density at radius 1 is 1.31 bits per heavy atom. The highest BCUT2D eigenvalue weighted by molar-refractivity contribution is 5.06. The zero-order chi connectivity index (χ0) is 11.4. The van der Waals surface area contributed by atoms with Crippen LogP contribution in [0.25, 0.3) is 0 Å². The molecule has 5 heteroatoms. The van der Waals surface area contributed by atoms with Gasteiger partial charge in [0.2, 0.25) is 0 Å². The summed E-state index contributed by atoms with van der Waals surface area (Å²) >= 11 is 0. The van der Waals surface area contributed by atoms with E-state index in [0.29, 0.717) is 18.8 Å². The van der Waals surface area contributed by atoms with Gasteiger partial charge in [-0.15, -0.1) is 0 Å². The van der Waals surface area contributed by atoms with Crippen molar-refractivity contribution in [2.24, 2.45) is 7.05 Å². The van der Waals surface area contributed by atoms with Gasteiger partial charge in [0.1, 0.15) is 18.1 Å². The summed E-state index contributed by atoms with van der Waals surface area (Å²) in [6, 6.07) is 5.60. The van der Waals surface area contributed by atoms with Crippen molar-refractivity contribution in [3.8, 4) is 0 Å². The van der Waals surface area contributed by atoms with Crippen LogP contribution in [0.15, 0.2) is 28.8 Å². The van der Waals surface area contributed by atoms with Gasteiger partial charge in [0.15, 0.2) is 0 Å². The molecule has 16 heavy (non-hydrogen) atoms. The third kappa shape index (κ3) is 2.71. The van der Waals surface area contributed by atoms with E-state index in [1.54, 1.807) is 10.7 Å². The quantitative estimate of drug-likeness (QED) is 0.783. The van der Waals surface area contributed by atoms with Gasteiger partial charge in [-0.3, -0.25) is 4.68 Å². The number of nitrogens with one attached hydrogen (secondary N) is 1. The Kier molecular flexibility index (Phi) is 3.38. The molecule has 0 aliphatic rings. The molecule has 2 heterocycles. The lowest BCUT2D eigenvalue weighted by atomic mass is 10.4. The van der Waals surface area contributed by atoms with Crippen LogP contribution in [0, 0.1) is 0 Å². The summed E-state index contributed by atoms with van der Waals surface area (Å²) in [7, 11) is 1.89. The zero-order valence-electron chi connectivity index (χ0n) is 9.18. The fourth-order valence-corrected chi connectivity index (χ4v) is 1.47. The maximum Gasteiger partial charge on any atom is 0.129 e. The number of hydrogen-bond acceptors (Lipinski definition) is 4. The standard InChI is InChI=1S/C11H15N3O2/c1-14-5-4-9(13-14)6-12-7-10-2-3-11(8-15)16-10/h2-5,12,15H,6-8H2,1H3. The van der Waals surface area contributed by atoms with E-state index < -0.39 is 0 Å². The maximum atomic E-state index is 8.83. The number of aromatic nitrogens is 2. The summed E-state index contributed by atoms with van der Waals surface area (Å²) < 4.78 is 7.11. The van der Waals surface area contributed by atoms with E-state index in [4.69, 9.17) is 9.52 Å². The molecule has 0 spiro atoms. The van der Waals surface area contributed by atoms with E-state index in [2.05, 4.69) is 10.4 Å². The van der Waals surface area contributed by atoms with Gasteiger partial charge in [0.05, 0.1) is 12.2 Å². The summed E-state index contributed by atoms with van der Waals surface area (Å²) in [5, 5.41) is 16.3. The molecule has 0 saturated carbocycles. The lowest BCUT2D eigenvalue weighted by Gasteiger charge is -1.99. The first-order valence-electron chi connectivity index (χ1n) is 5.15. The average Bonchev–Trinajstić information content (AvgIpc) is 2.88. The van der Waals surface area contributed by atoms with Crippen LogP contribution in [0.1, 0.15) is 17.2 Å². The van der Waals surface area contributed by atoms with E-state index >= 15 is 0 Å². The lowest BCUT2D eigenvalue weighted by Crippen LogP contribution is -2.12. The summed E-state index contributed by atoms with van der Waals surface area (Å²) in [5.74, 6) is 1.41. The Morgan fingerprint density at radius 2 is 2.12 bits per heavy atom. The zero-order valence-corrected chi connectivity index (χ0v) is 9.18. The van der Waals surface area contributed by atoms with Crippen LogP contribution in [-0.2, 0) is 26.7 Å². The second-order valence-corrected chi connectivity index (χ2v) is 3.61. The van der Waals surface area contributed by atoms with Crippen molar-refractivity contribution < 1.29 is 9.52 Å².